The molecule has 0 saturated carbocycles. The lowest BCUT2D eigenvalue weighted by Crippen LogP contribution is -2.33. The number of hydrogen-bond acceptors (Lipinski definition) is 7. The second-order valence-corrected chi connectivity index (χ2v) is 8.47. The summed E-state index contributed by atoms with van der Waals surface area (Å²) in [5, 5.41) is 21.6. The van der Waals surface area contributed by atoms with Crippen LogP contribution in [0.5, 0.6) is 0 Å². The highest BCUT2D eigenvalue weighted by atomic mass is 16.6. The van der Waals surface area contributed by atoms with Crippen molar-refractivity contribution in [1.82, 2.24) is 14.0 Å². The minimum absolute atomic E-state index is 0.0288. The van der Waals surface area contributed by atoms with Crippen LogP contribution in [0.3, 0.4) is 0 Å². The van der Waals surface area contributed by atoms with Crippen molar-refractivity contribution in [2.24, 2.45) is 4.99 Å². The van der Waals surface area contributed by atoms with Gasteiger partial charge in [0.15, 0.2) is 5.49 Å². The molecule has 0 radical (unpaired) electrons. The molecule has 4 aromatic rings. The Bertz CT molecular complexity index is 1720. The van der Waals surface area contributed by atoms with Gasteiger partial charge in [0, 0.05) is 18.9 Å². The van der Waals surface area contributed by atoms with Crippen LogP contribution in [-0.2, 0) is 11.3 Å². The minimum atomic E-state index is -0.882. The Balaban J connectivity index is 1.85. The average molecular weight is 484 g/mol. The SMILES string of the molecule is Cc1cccn2c(=O)c3cc(C#N)c(=NC(=O)c4ccccc4[N+](=O)[O-])n(CC4CCCO4)c3nc12. The molecule has 3 aromatic heterocycles. The molecule has 1 fully saturated rings. The molecule has 1 aromatic carbocycles. The maximum absolute atomic E-state index is 13.4. The second kappa shape index (κ2) is 9.16. The molecule has 11 nitrogen and oxygen atoms in total. The van der Waals surface area contributed by atoms with Crippen LogP contribution >= 0.6 is 0 Å². The van der Waals surface area contributed by atoms with Gasteiger partial charge < -0.3 is 9.30 Å². The second-order valence-electron chi connectivity index (χ2n) is 8.47. The highest BCUT2D eigenvalue weighted by Gasteiger charge is 2.23. The number of benzene rings is 1. The fourth-order valence-corrected chi connectivity index (χ4v) is 4.42. The number of rotatable bonds is 4. The molecule has 1 amide bonds. The first kappa shape index (κ1) is 23.1. The zero-order chi connectivity index (χ0) is 25.4. The number of amides is 1. The van der Waals surface area contributed by atoms with Gasteiger partial charge in [-0.2, -0.15) is 10.3 Å². The standard InChI is InChI=1S/C25H20N6O5/c1-15-6-4-10-29-21(15)27-23-19(25(29)33)12-16(13-26)22(30(23)14-17-7-5-11-36-17)28-24(32)18-8-2-3-9-20(18)31(34)35/h2-4,6,8-10,12,17H,5,7,11,14H2,1H3. The van der Waals surface area contributed by atoms with Gasteiger partial charge in [0.05, 0.1) is 28.5 Å². The number of pyridine rings is 2. The third-order valence-electron chi connectivity index (χ3n) is 6.17. The summed E-state index contributed by atoms with van der Waals surface area (Å²) < 4.78 is 8.74. The average Bonchev–Trinajstić information content (AvgIpc) is 3.39. The molecule has 0 N–H and O–H groups in total. The zero-order valence-corrected chi connectivity index (χ0v) is 19.2. The minimum Gasteiger partial charge on any atom is -0.376 e. The summed E-state index contributed by atoms with van der Waals surface area (Å²) in [5.41, 5.74) is 0.403. The molecule has 1 saturated heterocycles. The van der Waals surface area contributed by atoms with E-state index in [0.717, 1.165) is 18.4 Å². The van der Waals surface area contributed by atoms with Crippen LogP contribution in [0.4, 0.5) is 5.69 Å². The third-order valence-corrected chi connectivity index (χ3v) is 6.17. The summed E-state index contributed by atoms with van der Waals surface area (Å²) in [6.45, 7) is 2.59. The van der Waals surface area contributed by atoms with Crippen molar-refractivity contribution in [2.45, 2.75) is 32.4 Å². The predicted molar refractivity (Wildman–Crippen MR) is 128 cm³/mol. The van der Waals surface area contributed by atoms with Gasteiger partial charge in [-0.05, 0) is 43.5 Å². The number of nitro groups is 1. The van der Waals surface area contributed by atoms with Gasteiger partial charge in [-0.15, -0.1) is 0 Å². The summed E-state index contributed by atoms with van der Waals surface area (Å²) in [7, 11) is 0. The summed E-state index contributed by atoms with van der Waals surface area (Å²) in [6, 6.07) is 12.4. The molecule has 36 heavy (non-hydrogen) atoms. The first-order valence-electron chi connectivity index (χ1n) is 11.3. The van der Waals surface area contributed by atoms with Gasteiger partial charge in [0.25, 0.3) is 17.2 Å². The van der Waals surface area contributed by atoms with Crippen LogP contribution in [0.1, 0.15) is 34.3 Å². The Morgan fingerprint density at radius 1 is 1.31 bits per heavy atom. The largest absolute Gasteiger partial charge is 0.376 e. The van der Waals surface area contributed by atoms with E-state index >= 15 is 0 Å². The number of nitro benzene ring substituents is 1. The van der Waals surface area contributed by atoms with E-state index in [0.29, 0.717) is 12.3 Å². The van der Waals surface area contributed by atoms with Gasteiger partial charge in [-0.25, -0.2) is 4.98 Å². The smallest absolute Gasteiger partial charge is 0.285 e. The van der Waals surface area contributed by atoms with Gasteiger partial charge in [0.2, 0.25) is 0 Å². The molecule has 1 aliphatic heterocycles. The molecule has 1 atom stereocenters. The topological polar surface area (TPSA) is 145 Å². The summed E-state index contributed by atoms with van der Waals surface area (Å²) in [4.78, 5) is 46.2. The number of hydrogen-bond donors (Lipinski definition) is 0. The molecule has 1 aliphatic rings. The van der Waals surface area contributed by atoms with Crippen LogP contribution in [0.25, 0.3) is 16.7 Å². The number of ether oxygens (including phenoxy) is 1. The summed E-state index contributed by atoms with van der Waals surface area (Å²) in [6.07, 6.45) is 2.96. The molecular weight excluding hydrogens is 464 g/mol. The lowest BCUT2D eigenvalue weighted by Gasteiger charge is -2.17. The van der Waals surface area contributed by atoms with E-state index in [-0.39, 0.29) is 45.9 Å². The third kappa shape index (κ3) is 3.93. The fourth-order valence-electron chi connectivity index (χ4n) is 4.42. The molecule has 1 unspecified atom stereocenters. The van der Waals surface area contributed by atoms with E-state index in [9.17, 15) is 25.0 Å². The van der Waals surface area contributed by atoms with Crippen LogP contribution in [0.2, 0.25) is 0 Å². The van der Waals surface area contributed by atoms with Crippen LogP contribution in [0, 0.1) is 28.4 Å². The quantitative estimate of drug-likeness (QED) is 0.246. The Hall–Kier alpha value is -4.69. The number of aryl methyl sites for hydroxylation is 1. The monoisotopic (exact) mass is 484 g/mol. The number of nitriles is 1. The fraction of sp³-hybridized carbons (Fsp3) is 0.240. The normalized spacial score (nSPS) is 15.9. The molecule has 180 valence electrons. The number of carbonyl (C=O) groups is 1. The molecular formula is C25H20N6O5. The zero-order valence-electron chi connectivity index (χ0n) is 19.2. The number of carbonyl (C=O) groups excluding carboxylic acids is 1. The maximum Gasteiger partial charge on any atom is 0.285 e. The molecule has 4 heterocycles. The van der Waals surface area contributed by atoms with E-state index < -0.39 is 16.5 Å². The Morgan fingerprint density at radius 2 is 2.11 bits per heavy atom. The van der Waals surface area contributed by atoms with Crippen molar-refractivity contribution in [3.63, 3.8) is 0 Å². The summed E-state index contributed by atoms with van der Waals surface area (Å²) in [5.74, 6) is -0.882. The number of fused-ring (bicyclic) bond motifs is 2. The van der Waals surface area contributed by atoms with E-state index in [1.807, 2.05) is 19.1 Å². The molecule has 0 aliphatic carbocycles. The van der Waals surface area contributed by atoms with E-state index in [2.05, 4.69) is 4.99 Å². The van der Waals surface area contributed by atoms with Gasteiger partial charge in [-0.3, -0.25) is 24.1 Å². The van der Waals surface area contributed by atoms with Crippen molar-refractivity contribution in [3.05, 3.63) is 91.3 Å². The van der Waals surface area contributed by atoms with Crippen molar-refractivity contribution < 1.29 is 14.5 Å². The van der Waals surface area contributed by atoms with Crippen molar-refractivity contribution in [2.75, 3.05) is 6.61 Å². The van der Waals surface area contributed by atoms with Crippen molar-refractivity contribution >= 4 is 28.3 Å². The number of para-hydroxylation sites is 1. The van der Waals surface area contributed by atoms with Crippen LogP contribution in [-0.4, -0.2) is 37.5 Å². The first-order valence-corrected chi connectivity index (χ1v) is 11.3. The van der Waals surface area contributed by atoms with E-state index in [1.54, 1.807) is 16.8 Å². The van der Waals surface area contributed by atoms with Gasteiger partial charge in [-0.1, -0.05) is 18.2 Å². The maximum atomic E-state index is 13.4. The number of nitrogens with zero attached hydrogens (tertiary/aromatic N) is 6. The van der Waals surface area contributed by atoms with E-state index in [4.69, 9.17) is 9.72 Å². The van der Waals surface area contributed by atoms with Crippen LogP contribution < -0.4 is 11.0 Å². The highest BCUT2D eigenvalue weighted by Crippen LogP contribution is 2.20. The van der Waals surface area contributed by atoms with Crippen molar-refractivity contribution in [3.8, 4) is 6.07 Å². The molecule has 5 rings (SSSR count). The Morgan fingerprint density at radius 3 is 2.83 bits per heavy atom. The molecule has 0 bridgehead atoms. The van der Waals surface area contributed by atoms with Crippen LogP contribution in [0.15, 0.2) is 58.4 Å². The summed E-state index contributed by atoms with van der Waals surface area (Å²) >= 11 is 0. The van der Waals surface area contributed by atoms with Gasteiger partial charge in [0.1, 0.15) is 22.9 Å². The van der Waals surface area contributed by atoms with E-state index in [1.165, 1.54) is 34.7 Å². The number of aromatic nitrogens is 3. The molecule has 0 spiro atoms. The predicted octanol–water partition coefficient (Wildman–Crippen LogP) is 2.66. The van der Waals surface area contributed by atoms with Crippen molar-refractivity contribution in [1.29, 1.82) is 5.26 Å². The lowest BCUT2D eigenvalue weighted by molar-refractivity contribution is -0.385. The highest BCUT2D eigenvalue weighted by molar-refractivity contribution is 5.98. The Labute approximate surface area is 203 Å². The van der Waals surface area contributed by atoms with Gasteiger partial charge >= 0.3 is 0 Å². The first-order chi connectivity index (χ1) is 17.4. The lowest BCUT2D eigenvalue weighted by atomic mass is 10.1. The Kier molecular flexibility index (Phi) is 5.87. The molecule has 11 heteroatoms.